The molecule has 2 aromatic rings. The molecule has 1 saturated heterocycles. The fraction of sp³-hybridized carbons (Fsp3) is 0.318. The third-order valence-electron chi connectivity index (χ3n) is 5.00. The Bertz CT molecular complexity index is 864. The molecule has 146 valence electrons. The number of aryl methyl sites for hydroxylation is 1. The molecule has 1 aromatic carbocycles. The Balaban J connectivity index is 1.63. The van der Waals surface area contributed by atoms with Crippen LogP contribution in [0.3, 0.4) is 0 Å². The van der Waals surface area contributed by atoms with Crippen molar-refractivity contribution in [1.29, 1.82) is 0 Å². The Labute approximate surface area is 171 Å². The number of carbonyl (C=O) groups is 2. The van der Waals surface area contributed by atoms with Crippen molar-refractivity contribution < 1.29 is 14.2 Å². The van der Waals surface area contributed by atoms with Crippen LogP contribution in [-0.2, 0) is 16.6 Å². The number of nitrogens with one attached hydrogen (secondary N) is 1. The quantitative estimate of drug-likeness (QED) is 0.603. The van der Waals surface area contributed by atoms with Crippen LogP contribution >= 0.6 is 12.6 Å². The van der Waals surface area contributed by atoms with E-state index in [-0.39, 0.29) is 23.5 Å². The highest BCUT2D eigenvalue weighted by Crippen LogP contribution is 2.24. The van der Waals surface area contributed by atoms with Crippen molar-refractivity contribution in [2.75, 3.05) is 23.7 Å². The smallest absolute Gasteiger partial charge is 0.236 e. The van der Waals surface area contributed by atoms with E-state index in [1.807, 2.05) is 25.4 Å². The first-order valence-electron chi connectivity index (χ1n) is 9.49. The minimum Gasteiger partial charge on any atom is -0.371 e. The van der Waals surface area contributed by atoms with Crippen LogP contribution in [0.1, 0.15) is 24.1 Å². The number of amides is 2. The maximum absolute atomic E-state index is 12.2. The molecule has 5 nitrogen and oxygen atoms in total. The topological polar surface area (TPSA) is 53.3 Å². The Kier molecular flexibility index (Phi) is 6.87. The molecule has 1 aromatic heterocycles. The van der Waals surface area contributed by atoms with E-state index < -0.39 is 0 Å². The van der Waals surface area contributed by atoms with E-state index in [4.69, 9.17) is 0 Å². The van der Waals surface area contributed by atoms with Crippen molar-refractivity contribution in [3.63, 3.8) is 0 Å². The van der Waals surface area contributed by atoms with Crippen LogP contribution in [0.25, 0.3) is 12.2 Å². The van der Waals surface area contributed by atoms with Gasteiger partial charge in [0.1, 0.15) is 7.05 Å². The highest BCUT2D eigenvalue weighted by atomic mass is 32.1. The van der Waals surface area contributed by atoms with Gasteiger partial charge >= 0.3 is 0 Å². The van der Waals surface area contributed by atoms with Crippen LogP contribution in [0.15, 0.2) is 48.7 Å². The summed E-state index contributed by atoms with van der Waals surface area (Å²) in [7, 11) is 2.02. The zero-order valence-corrected chi connectivity index (χ0v) is 16.9. The average molecular weight is 397 g/mol. The second kappa shape index (κ2) is 9.55. The average Bonchev–Trinajstić information content (AvgIpc) is 2.73. The van der Waals surface area contributed by atoms with Crippen LogP contribution in [0.2, 0.25) is 0 Å². The minimum absolute atomic E-state index is 0.0260. The summed E-state index contributed by atoms with van der Waals surface area (Å²) in [6.07, 6.45) is 7.94. The molecule has 1 aliphatic rings. The molecule has 0 saturated carbocycles. The molecule has 0 spiro atoms. The number of imide groups is 1. The number of piperidine rings is 1. The Morgan fingerprint density at radius 3 is 2.71 bits per heavy atom. The van der Waals surface area contributed by atoms with Crippen molar-refractivity contribution in [3.05, 3.63) is 59.9 Å². The summed E-state index contributed by atoms with van der Waals surface area (Å²) < 4.78 is 2.07. The van der Waals surface area contributed by atoms with Crippen molar-refractivity contribution in [2.24, 2.45) is 13.0 Å². The van der Waals surface area contributed by atoms with Crippen molar-refractivity contribution in [2.45, 2.75) is 12.8 Å². The largest absolute Gasteiger partial charge is 0.371 e. The van der Waals surface area contributed by atoms with E-state index in [0.717, 1.165) is 36.3 Å². The normalized spacial score (nSPS) is 16.9. The second-order valence-corrected chi connectivity index (χ2v) is 7.33. The fourth-order valence-electron chi connectivity index (χ4n) is 3.39. The Morgan fingerprint density at radius 2 is 2.00 bits per heavy atom. The summed E-state index contributed by atoms with van der Waals surface area (Å²) in [6, 6.07) is 14.4. The summed E-state index contributed by atoms with van der Waals surface area (Å²) in [4.78, 5) is 25.9. The van der Waals surface area contributed by atoms with Gasteiger partial charge in [0.25, 0.3) is 0 Å². The molecular formula is C22H26N3O2S+. The van der Waals surface area contributed by atoms with Gasteiger partial charge in [-0.25, -0.2) is 4.57 Å². The highest BCUT2D eigenvalue weighted by molar-refractivity contribution is 7.81. The van der Waals surface area contributed by atoms with Crippen molar-refractivity contribution >= 4 is 42.3 Å². The van der Waals surface area contributed by atoms with Crippen LogP contribution in [0, 0.1) is 5.92 Å². The van der Waals surface area contributed by atoms with E-state index in [1.54, 1.807) is 0 Å². The molecule has 28 heavy (non-hydrogen) atoms. The lowest BCUT2D eigenvalue weighted by Crippen LogP contribution is -2.45. The van der Waals surface area contributed by atoms with Gasteiger partial charge in [-0.1, -0.05) is 12.1 Å². The summed E-state index contributed by atoms with van der Waals surface area (Å²) in [5.41, 5.74) is 3.35. The predicted octanol–water partition coefficient (Wildman–Crippen LogP) is 2.47. The predicted molar refractivity (Wildman–Crippen MR) is 115 cm³/mol. The molecule has 0 radical (unpaired) electrons. The maximum Gasteiger partial charge on any atom is 0.236 e. The van der Waals surface area contributed by atoms with E-state index in [1.165, 1.54) is 0 Å². The summed E-state index contributed by atoms with van der Waals surface area (Å²) in [5, 5.41) is 2.43. The number of carbonyl (C=O) groups excluding carboxylic acids is 2. The van der Waals surface area contributed by atoms with Crippen LogP contribution in [0.4, 0.5) is 5.69 Å². The first-order valence-corrected chi connectivity index (χ1v) is 10.1. The molecule has 1 aliphatic heterocycles. The molecule has 2 amide bonds. The van der Waals surface area contributed by atoms with Gasteiger partial charge in [0.15, 0.2) is 6.20 Å². The van der Waals surface area contributed by atoms with Gasteiger partial charge in [0.2, 0.25) is 17.5 Å². The lowest BCUT2D eigenvalue weighted by atomic mass is 9.96. The zero-order valence-electron chi connectivity index (χ0n) is 16.0. The molecule has 1 unspecified atom stereocenters. The number of rotatable bonds is 5. The third kappa shape index (κ3) is 5.23. The molecule has 2 heterocycles. The molecule has 3 rings (SSSR count). The van der Waals surface area contributed by atoms with E-state index >= 15 is 0 Å². The molecule has 0 aliphatic carbocycles. The van der Waals surface area contributed by atoms with E-state index in [9.17, 15) is 9.59 Å². The van der Waals surface area contributed by atoms with Gasteiger partial charge in [-0.2, -0.15) is 12.6 Å². The number of hydrogen-bond acceptors (Lipinski definition) is 4. The standard InChI is InChI=1S/C22H25N3O2S/c1-24-13-3-2-6-19(24)10-7-17-8-11-20(12-9-17)25-14-4-5-18(15-25)22(27)23-21(26)16-28/h2-3,6-13,18H,4-5,14-16H2,1H3,(H-,23,26,27,28)/p+1. The van der Waals surface area contributed by atoms with Gasteiger partial charge in [-0.3, -0.25) is 14.9 Å². The van der Waals surface area contributed by atoms with Gasteiger partial charge in [-0.05, 0) is 42.7 Å². The summed E-state index contributed by atoms with van der Waals surface area (Å²) in [6.45, 7) is 1.54. The van der Waals surface area contributed by atoms with Crippen LogP contribution in [-0.4, -0.2) is 30.7 Å². The SMILES string of the molecule is C[n+]1ccccc1/C=C/c1ccc(N2CCCC(C(=O)NC(=O)CS)C2)cc1. The van der Waals surface area contributed by atoms with Gasteiger partial charge in [-0.15, -0.1) is 0 Å². The van der Waals surface area contributed by atoms with Crippen molar-refractivity contribution in [3.8, 4) is 0 Å². The lowest BCUT2D eigenvalue weighted by Gasteiger charge is -2.33. The summed E-state index contributed by atoms with van der Waals surface area (Å²) in [5.74, 6) is -0.680. The first kappa shape index (κ1) is 20.1. The molecule has 6 heteroatoms. The lowest BCUT2D eigenvalue weighted by molar-refractivity contribution is -0.673. The Morgan fingerprint density at radius 1 is 1.21 bits per heavy atom. The monoisotopic (exact) mass is 396 g/mol. The molecule has 1 N–H and O–H groups in total. The number of aromatic nitrogens is 1. The molecular weight excluding hydrogens is 370 g/mol. The molecule has 0 bridgehead atoms. The number of pyridine rings is 1. The van der Waals surface area contributed by atoms with Gasteiger partial charge < -0.3 is 4.90 Å². The van der Waals surface area contributed by atoms with Crippen molar-refractivity contribution in [1.82, 2.24) is 5.32 Å². The van der Waals surface area contributed by atoms with E-state index in [0.29, 0.717) is 6.54 Å². The minimum atomic E-state index is -0.339. The number of nitrogens with zero attached hydrogens (tertiary/aromatic N) is 2. The molecule has 1 atom stereocenters. The zero-order chi connectivity index (χ0) is 19.9. The number of benzene rings is 1. The Hall–Kier alpha value is -2.60. The number of hydrogen-bond donors (Lipinski definition) is 2. The van der Waals surface area contributed by atoms with Gasteiger partial charge in [0, 0.05) is 37.0 Å². The fourth-order valence-corrected chi connectivity index (χ4v) is 3.47. The number of anilines is 1. The second-order valence-electron chi connectivity index (χ2n) is 7.02. The number of thiol groups is 1. The highest BCUT2D eigenvalue weighted by Gasteiger charge is 2.26. The van der Waals surface area contributed by atoms with Gasteiger partial charge in [0.05, 0.1) is 11.7 Å². The third-order valence-corrected chi connectivity index (χ3v) is 5.29. The van der Waals surface area contributed by atoms with Crippen LogP contribution < -0.4 is 14.8 Å². The maximum atomic E-state index is 12.2. The molecule has 1 fully saturated rings. The summed E-state index contributed by atoms with van der Waals surface area (Å²) >= 11 is 3.90. The van der Waals surface area contributed by atoms with E-state index in [2.05, 4.69) is 69.9 Å². The van der Waals surface area contributed by atoms with Crippen LogP contribution in [0.5, 0.6) is 0 Å². The first-order chi connectivity index (χ1) is 13.6.